The first-order valence-electron chi connectivity index (χ1n) is 8.04. The van der Waals surface area contributed by atoms with E-state index in [1.807, 2.05) is 12.1 Å². The number of carbonyl (C=O) groups is 1. The van der Waals surface area contributed by atoms with Gasteiger partial charge in [-0.1, -0.05) is 37.6 Å². The van der Waals surface area contributed by atoms with Gasteiger partial charge in [0.25, 0.3) is 0 Å². The minimum absolute atomic E-state index is 0.280. The van der Waals surface area contributed by atoms with Crippen LogP contribution in [0.4, 0.5) is 5.69 Å². The lowest BCUT2D eigenvalue weighted by Crippen LogP contribution is -2.27. The molecule has 0 unspecified atom stereocenters. The summed E-state index contributed by atoms with van der Waals surface area (Å²) in [5.41, 5.74) is 3.54. The van der Waals surface area contributed by atoms with Crippen LogP contribution < -0.4 is 10.6 Å². The summed E-state index contributed by atoms with van der Waals surface area (Å²) in [4.78, 5) is 10.8. The van der Waals surface area contributed by atoms with Crippen molar-refractivity contribution >= 4 is 29.0 Å². The molecule has 2 rings (SSSR count). The molecule has 0 saturated heterocycles. The molecule has 0 aliphatic rings. The average Bonchev–Trinajstić information content (AvgIpc) is 2.59. The Morgan fingerprint density at radius 2 is 1.67 bits per heavy atom. The van der Waals surface area contributed by atoms with Gasteiger partial charge in [-0.05, 0) is 60.5 Å². The molecule has 0 amide bonds. The standard InChI is InChI=1S/C19H22N2O2S/c1-2-3-4-14-7-11-17(12-8-14)21-19(24)20-13-15-5-9-16(10-6-15)18(22)23/h5-12H,2-4,13H2,1H3,(H,22,23)(H2,20,21,24). The Hall–Kier alpha value is -2.40. The fraction of sp³-hybridized carbons (Fsp3) is 0.263. The van der Waals surface area contributed by atoms with Gasteiger partial charge < -0.3 is 15.7 Å². The first kappa shape index (κ1) is 17.9. The Balaban J connectivity index is 1.81. The van der Waals surface area contributed by atoms with Crippen LogP contribution >= 0.6 is 12.2 Å². The molecule has 0 atom stereocenters. The number of aryl methyl sites for hydroxylation is 1. The van der Waals surface area contributed by atoms with Crippen LogP contribution in [0.5, 0.6) is 0 Å². The van der Waals surface area contributed by atoms with E-state index >= 15 is 0 Å². The topological polar surface area (TPSA) is 61.4 Å². The third-order valence-electron chi connectivity index (χ3n) is 3.68. The molecule has 0 heterocycles. The molecule has 2 aromatic carbocycles. The van der Waals surface area contributed by atoms with Crippen LogP contribution in [0.2, 0.25) is 0 Å². The van der Waals surface area contributed by atoms with E-state index in [1.54, 1.807) is 24.3 Å². The lowest BCUT2D eigenvalue weighted by molar-refractivity contribution is 0.0697. The van der Waals surface area contributed by atoms with Crippen LogP contribution in [-0.2, 0) is 13.0 Å². The van der Waals surface area contributed by atoms with E-state index in [1.165, 1.54) is 18.4 Å². The van der Waals surface area contributed by atoms with E-state index < -0.39 is 5.97 Å². The molecule has 24 heavy (non-hydrogen) atoms. The minimum atomic E-state index is -0.922. The number of hydrogen-bond donors (Lipinski definition) is 3. The molecule has 126 valence electrons. The van der Waals surface area contributed by atoms with Gasteiger partial charge >= 0.3 is 5.97 Å². The van der Waals surface area contributed by atoms with Gasteiger partial charge in [0, 0.05) is 12.2 Å². The van der Waals surface area contributed by atoms with Crippen molar-refractivity contribution in [3.63, 3.8) is 0 Å². The van der Waals surface area contributed by atoms with E-state index in [0.717, 1.165) is 17.7 Å². The highest BCUT2D eigenvalue weighted by Crippen LogP contribution is 2.12. The SMILES string of the molecule is CCCCc1ccc(NC(=S)NCc2ccc(C(=O)O)cc2)cc1. The number of carboxylic acids is 1. The van der Waals surface area contributed by atoms with Gasteiger partial charge in [-0.25, -0.2) is 4.79 Å². The van der Waals surface area contributed by atoms with Crippen LogP contribution in [0.25, 0.3) is 0 Å². The monoisotopic (exact) mass is 342 g/mol. The van der Waals surface area contributed by atoms with E-state index in [0.29, 0.717) is 11.7 Å². The Bertz CT molecular complexity index is 682. The second-order valence-electron chi connectivity index (χ2n) is 5.61. The Kier molecular flexibility index (Phi) is 6.75. The van der Waals surface area contributed by atoms with Gasteiger partial charge in [0.1, 0.15) is 0 Å². The predicted molar refractivity (Wildman–Crippen MR) is 102 cm³/mol. The summed E-state index contributed by atoms with van der Waals surface area (Å²) < 4.78 is 0. The van der Waals surface area contributed by atoms with E-state index in [-0.39, 0.29) is 5.56 Å². The highest BCUT2D eigenvalue weighted by molar-refractivity contribution is 7.80. The summed E-state index contributed by atoms with van der Waals surface area (Å²) in [6.45, 7) is 2.73. The smallest absolute Gasteiger partial charge is 0.335 e. The molecule has 0 saturated carbocycles. The predicted octanol–water partition coefficient (Wildman–Crippen LogP) is 4.21. The molecular formula is C19H22N2O2S. The quantitative estimate of drug-likeness (QED) is 0.658. The van der Waals surface area contributed by atoms with E-state index in [9.17, 15) is 4.79 Å². The lowest BCUT2D eigenvalue weighted by Gasteiger charge is -2.11. The number of hydrogen-bond acceptors (Lipinski definition) is 2. The van der Waals surface area contributed by atoms with Gasteiger partial charge in [-0.3, -0.25) is 0 Å². The first-order valence-corrected chi connectivity index (χ1v) is 8.45. The maximum absolute atomic E-state index is 10.8. The Labute approximate surface area is 147 Å². The maximum Gasteiger partial charge on any atom is 0.335 e. The molecule has 0 aromatic heterocycles. The number of nitrogens with one attached hydrogen (secondary N) is 2. The fourth-order valence-corrected chi connectivity index (χ4v) is 2.45. The number of thiocarbonyl (C=S) groups is 1. The fourth-order valence-electron chi connectivity index (χ4n) is 2.26. The molecule has 2 aromatic rings. The average molecular weight is 342 g/mol. The van der Waals surface area contributed by atoms with Crippen molar-refractivity contribution in [3.8, 4) is 0 Å². The number of unbranched alkanes of at least 4 members (excludes halogenated alkanes) is 1. The largest absolute Gasteiger partial charge is 0.478 e. The molecule has 0 aliphatic carbocycles. The van der Waals surface area contributed by atoms with Crippen LogP contribution in [-0.4, -0.2) is 16.2 Å². The summed E-state index contributed by atoms with van der Waals surface area (Å²) in [7, 11) is 0. The summed E-state index contributed by atoms with van der Waals surface area (Å²) in [6.07, 6.45) is 3.50. The van der Waals surface area contributed by atoms with Crippen molar-refractivity contribution in [2.45, 2.75) is 32.7 Å². The van der Waals surface area contributed by atoms with E-state index in [2.05, 4.69) is 29.7 Å². The maximum atomic E-state index is 10.8. The second kappa shape index (κ2) is 9.03. The van der Waals surface area contributed by atoms with Crippen LogP contribution in [0.15, 0.2) is 48.5 Å². The van der Waals surface area contributed by atoms with E-state index in [4.69, 9.17) is 17.3 Å². The Morgan fingerprint density at radius 3 is 2.25 bits per heavy atom. The zero-order valence-corrected chi connectivity index (χ0v) is 14.5. The summed E-state index contributed by atoms with van der Waals surface area (Å²) in [5, 5.41) is 15.7. The first-order chi connectivity index (χ1) is 11.6. The highest BCUT2D eigenvalue weighted by Gasteiger charge is 2.03. The molecule has 4 nitrogen and oxygen atoms in total. The van der Waals surface area contributed by atoms with Gasteiger partial charge in [-0.2, -0.15) is 0 Å². The third kappa shape index (κ3) is 5.66. The van der Waals surface area contributed by atoms with Crippen molar-refractivity contribution in [3.05, 3.63) is 65.2 Å². The van der Waals surface area contributed by atoms with Crippen molar-refractivity contribution in [2.24, 2.45) is 0 Å². The summed E-state index contributed by atoms with van der Waals surface area (Å²) in [6, 6.07) is 15.0. The minimum Gasteiger partial charge on any atom is -0.478 e. The van der Waals surface area contributed by atoms with Crippen molar-refractivity contribution in [1.82, 2.24) is 5.32 Å². The zero-order chi connectivity index (χ0) is 17.4. The molecule has 0 aliphatic heterocycles. The lowest BCUT2D eigenvalue weighted by atomic mass is 10.1. The number of rotatable bonds is 7. The number of benzene rings is 2. The molecule has 0 bridgehead atoms. The van der Waals surface area contributed by atoms with Crippen molar-refractivity contribution < 1.29 is 9.90 Å². The summed E-state index contributed by atoms with van der Waals surface area (Å²) >= 11 is 5.29. The normalized spacial score (nSPS) is 10.2. The molecule has 5 heteroatoms. The van der Waals surface area contributed by atoms with Crippen LogP contribution in [0.1, 0.15) is 41.3 Å². The number of carboxylic acid groups (broad SMARTS) is 1. The van der Waals surface area contributed by atoms with Crippen molar-refractivity contribution in [1.29, 1.82) is 0 Å². The van der Waals surface area contributed by atoms with Crippen LogP contribution in [0.3, 0.4) is 0 Å². The highest BCUT2D eigenvalue weighted by atomic mass is 32.1. The van der Waals surface area contributed by atoms with Crippen molar-refractivity contribution in [2.75, 3.05) is 5.32 Å². The molecule has 0 spiro atoms. The summed E-state index contributed by atoms with van der Waals surface area (Å²) in [5.74, 6) is -0.922. The molecule has 3 N–H and O–H groups in total. The van der Waals surface area contributed by atoms with Gasteiger partial charge in [0.05, 0.1) is 5.56 Å². The van der Waals surface area contributed by atoms with Gasteiger partial charge in [0.2, 0.25) is 0 Å². The van der Waals surface area contributed by atoms with Gasteiger partial charge in [-0.15, -0.1) is 0 Å². The molecule has 0 fully saturated rings. The Morgan fingerprint density at radius 1 is 1.04 bits per heavy atom. The molecular weight excluding hydrogens is 320 g/mol. The number of anilines is 1. The van der Waals surface area contributed by atoms with Gasteiger partial charge in [0.15, 0.2) is 5.11 Å². The second-order valence-corrected chi connectivity index (χ2v) is 6.02. The molecule has 0 radical (unpaired) electrons. The number of aromatic carboxylic acids is 1. The third-order valence-corrected chi connectivity index (χ3v) is 3.93. The zero-order valence-electron chi connectivity index (χ0n) is 13.7. The van der Waals surface area contributed by atoms with Crippen LogP contribution in [0, 0.1) is 0 Å².